The van der Waals surface area contributed by atoms with E-state index in [-0.39, 0.29) is 10.8 Å². The molecule has 3 aromatic rings. The van der Waals surface area contributed by atoms with E-state index in [1.165, 1.54) is 19.9 Å². The topological polar surface area (TPSA) is 65.5 Å². The molecule has 0 N–H and O–H groups in total. The average molecular weight is 530 g/mol. The summed E-state index contributed by atoms with van der Waals surface area (Å²) >= 11 is 21.9. The molecule has 0 radical (unpaired) electrons. The molecule has 5 nitrogen and oxygen atoms in total. The summed E-state index contributed by atoms with van der Waals surface area (Å²) < 4.78 is 11.0. The van der Waals surface area contributed by atoms with Gasteiger partial charge >= 0.3 is 11.9 Å². The Kier molecular flexibility index (Phi) is 7.03. The fourth-order valence-electron chi connectivity index (χ4n) is 2.67. The molecule has 0 bridgehead atoms. The van der Waals surface area contributed by atoms with Crippen molar-refractivity contribution in [2.75, 3.05) is 0 Å². The summed E-state index contributed by atoms with van der Waals surface area (Å²) in [5.74, 6) is -0.537. The lowest BCUT2D eigenvalue weighted by Crippen LogP contribution is -2.04. The van der Waals surface area contributed by atoms with Crippen molar-refractivity contribution in [1.29, 1.82) is 0 Å². The van der Waals surface area contributed by atoms with Crippen LogP contribution >= 0.6 is 50.7 Å². The first-order chi connectivity index (χ1) is 14.2. The van der Waals surface area contributed by atoms with Crippen molar-refractivity contribution < 1.29 is 19.1 Å². The largest absolute Gasteiger partial charge is 0.425 e. The third kappa shape index (κ3) is 5.13. The van der Waals surface area contributed by atoms with Crippen molar-refractivity contribution in [2.24, 2.45) is 0 Å². The van der Waals surface area contributed by atoms with Crippen LogP contribution in [0.4, 0.5) is 0 Å². The molecule has 9 heteroatoms. The predicted octanol–water partition coefficient (Wildman–Crippen LogP) is 6.98. The van der Waals surface area contributed by atoms with Crippen LogP contribution in [-0.4, -0.2) is 16.9 Å². The number of nitrogens with zero attached hydrogens (tertiary/aromatic N) is 1. The molecule has 154 valence electrons. The van der Waals surface area contributed by atoms with Gasteiger partial charge in [-0.3, -0.25) is 9.59 Å². The number of carbonyl (C=O) groups is 2. The summed E-state index contributed by atoms with van der Waals surface area (Å²) in [4.78, 5) is 27.4. The lowest BCUT2D eigenvalue weighted by atomic mass is 10.1. The second kappa shape index (κ2) is 9.35. The van der Waals surface area contributed by atoms with Gasteiger partial charge in [0.1, 0.15) is 5.52 Å². The van der Waals surface area contributed by atoms with Crippen molar-refractivity contribution in [1.82, 2.24) is 4.98 Å². The molecule has 1 heterocycles. The summed E-state index contributed by atoms with van der Waals surface area (Å²) in [5, 5.41) is 1.59. The van der Waals surface area contributed by atoms with Crippen LogP contribution in [-0.2, 0) is 9.59 Å². The van der Waals surface area contributed by atoms with Crippen molar-refractivity contribution in [2.45, 2.75) is 13.8 Å². The molecule has 0 amide bonds. The number of benzene rings is 2. The second-order valence-corrected chi connectivity index (χ2v) is 8.23. The standard InChI is InChI=1S/C21H13BrCl3NO4/c1-10(27)29-20-12(7-13(23)8-16(20)22)3-4-14-5-6-15-17(24)9-18(25)21(19(15)26-14)30-11(2)28/h3-9H,1-2H3/b4-3+. The maximum atomic E-state index is 11.5. The summed E-state index contributed by atoms with van der Waals surface area (Å²) in [5.41, 5.74) is 1.44. The molecular formula is C21H13BrCl3NO4. The summed E-state index contributed by atoms with van der Waals surface area (Å²) in [6.45, 7) is 2.58. The van der Waals surface area contributed by atoms with E-state index in [9.17, 15) is 9.59 Å². The molecule has 30 heavy (non-hydrogen) atoms. The zero-order valence-electron chi connectivity index (χ0n) is 15.6. The lowest BCUT2D eigenvalue weighted by molar-refractivity contribution is -0.132. The predicted molar refractivity (Wildman–Crippen MR) is 122 cm³/mol. The third-order valence-electron chi connectivity index (χ3n) is 3.82. The number of fused-ring (bicyclic) bond motifs is 1. The number of esters is 2. The molecule has 0 aliphatic rings. The van der Waals surface area contributed by atoms with Gasteiger partial charge < -0.3 is 9.47 Å². The van der Waals surface area contributed by atoms with Gasteiger partial charge in [0, 0.05) is 29.8 Å². The fraction of sp³-hybridized carbons (Fsp3) is 0.0952. The van der Waals surface area contributed by atoms with E-state index >= 15 is 0 Å². The van der Waals surface area contributed by atoms with Crippen LogP contribution in [0.2, 0.25) is 15.1 Å². The van der Waals surface area contributed by atoms with Crippen LogP contribution in [0.5, 0.6) is 11.5 Å². The Morgan fingerprint density at radius 1 is 0.933 bits per heavy atom. The van der Waals surface area contributed by atoms with Crippen LogP contribution in [0, 0.1) is 0 Å². The highest BCUT2D eigenvalue weighted by Crippen LogP contribution is 2.38. The van der Waals surface area contributed by atoms with Crippen LogP contribution < -0.4 is 9.47 Å². The lowest BCUT2D eigenvalue weighted by Gasteiger charge is -2.10. The van der Waals surface area contributed by atoms with Gasteiger partial charge in [0.15, 0.2) is 11.5 Å². The molecule has 0 fully saturated rings. The highest BCUT2D eigenvalue weighted by Gasteiger charge is 2.15. The normalized spacial score (nSPS) is 11.1. The van der Waals surface area contributed by atoms with Crippen LogP contribution in [0.3, 0.4) is 0 Å². The zero-order chi connectivity index (χ0) is 22.0. The smallest absolute Gasteiger partial charge is 0.308 e. The van der Waals surface area contributed by atoms with Gasteiger partial charge in [-0.15, -0.1) is 0 Å². The minimum absolute atomic E-state index is 0.130. The summed E-state index contributed by atoms with van der Waals surface area (Å²) in [7, 11) is 0. The van der Waals surface area contributed by atoms with Gasteiger partial charge in [0.2, 0.25) is 0 Å². The van der Waals surface area contributed by atoms with E-state index in [0.717, 1.165) is 0 Å². The Labute approximate surface area is 195 Å². The fourth-order valence-corrected chi connectivity index (χ4v) is 4.14. The first kappa shape index (κ1) is 22.6. The van der Waals surface area contributed by atoms with Crippen LogP contribution in [0.15, 0.2) is 34.8 Å². The first-order valence-electron chi connectivity index (χ1n) is 8.48. The SMILES string of the molecule is CC(=O)Oc1c(Br)cc(Cl)cc1/C=C/c1ccc2c(Cl)cc(Cl)c(OC(C)=O)c2n1. The van der Waals surface area contributed by atoms with Crippen molar-refractivity contribution >= 4 is 85.7 Å². The quantitative estimate of drug-likeness (QED) is 0.270. The number of halogens is 4. The molecule has 0 saturated heterocycles. The number of hydrogen-bond acceptors (Lipinski definition) is 5. The second-order valence-electron chi connectivity index (χ2n) is 6.13. The van der Waals surface area contributed by atoms with Gasteiger partial charge in [-0.25, -0.2) is 4.98 Å². The summed E-state index contributed by atoms with van der Waals surface area (Å²) in [6, 6.07) is 8.26. The Morgan fingerprint density at radius 3 is 2.27 bits per heavy atom. The van der Waals surface area contributed by atoms with Crippen molar-refractivity contribution in [3.05, 3.63) is 61.1 Å². The third-order valence-corrected chi connectivity index (χ3v) is 5.22. The van der Waals surface area contributed by atoms with Gasteiger partial charge in [-0.1, -0.05) is 34.8 Å². The molecule has 2 aromatic carbocycles. The van der Waals surface area contributed by atoms with E-state index in [4.69, 9.17) is 44.3 Å². The average Bonchev–Trinajstić information content (AvgIpc) is 2.65. The Morgan fingerprint density at radius 2 is 1.60 bits per heavy atom. The Hall–Kier alpha value is -2.12. The van der Waals surface area contributed by atoms with Crippen LogP contribution in [0.25, 0.3) is 23.1 Å². The van der Waals surface area contributed by atoms with Crippen molar-refractivity contribution in [3.63, 3.8) is 0 Å². The van der Waals surface area contributed by atoms with Crippen molar-refractivity contribution in [3.8, 4) is 11.5 Å². The summed E-state index contributed by atoms with van der Waals surface area (Å²) in [6.07, 6.45) is 3.39. The number of carbonyl (C=O) groups excluding carboxylic acids is 2. The number of rotatable bonds is 4. The molecule has 0 saturated carbocycles. The number of pyridine rings is 1. The minimum Gasteiger partial charge on any atom is -0.425 e. The van der Waals surface area contributed by atoms with E-state index in [2.05, 4.69) is 20.9 Å². The molecule has 0 spiro atoms. The van der Waals surface area contributed by atoms with E-state index < -0.39 is 11.9 Å². The van der Waals surface area contributed by atoms with Gasteiger partial charge in [0.25, 0.3) is 0 Å². The number of ether oxygens (including phenoxy) is 2. The maximum Gasteiger partial charge on any atom is 0.308 e. The zero-order valence-corrected chi connectivity index (χ0v) is 19.5. The molecule has 1 aromatic heterocycles. The van der Waals surface area contributed by atoms with Gasteiger partial charge in [-0.2, -0.15) is 0 Å². The Bertz CT molecular complexity index is 1210. The van der Waals surface area contributed by atoms with Gasteiger partial charge in [0.05, 0.1) is 20.2 Å². The molecule has 0 aliphatic carbocycles. The van der Waals surface area contributed by atoms with E-state index in [1.807, 2.05) is 0 Å². The van der Waals surface area contributed by atoms with E-state index in [1.54, 1.807) is 36.4 Å². The molecule has 0 atom stereocenters. The molecular weight excluding hydrogens is 516 g/mol. The number of aromatic nitrogens is 1. The van der Waals surface area contributed by atoms with Gasteiger partial charge in [-0.05, 0) is 58.4 Å². The molecule has 3 rings (SSSR count). The molecule has 0 unspecified atom stereocenters. The maximum absolute atomic E-state index is 11.5. The van der Waals surface area contributed by atoms with Crippen LogP contribution in [0.1, 0.15) is 25.1 Å². The monoisotopic (exact) mass is 527 g/mol. The number of hydrogen-bond donors (Lipinski definition) is 0. The highest BCUT2D eigenvalue weighted by atomic mass is 79.9. The van der Waals surface area contributed by atoms with E-state index in [0.29, 0.717) is 42.4 Å². The molecule has 0 aliphatic heterocycles. The minimum atomic E-state index is -0.530. The highest BCUT2D eigenvalue weighted by molar-refractivity contribution is 9.10. The first-order valence-corrected chi connectivity index (χ1v) is 10.4. The Balaban J connectivity index is 2.10.